The van der Waals surface area contributed by atoms with E-state index in [9.17, 15) is 14.0 Å². The van der Waals surface area contributed by atoms with E-state index in [4.69, 9.17) is 5.26 Å². The maximum Gasteiger partial charge on any atom is 0.272 e. The smallest absolute Gasteiger partial charge is 0.272 e. The van der Waals surface area contributed by atoms with Crippen LogP contribution >= 0.6 is 0 Å². The van der Waals surface area contributed by atoms with E-state index in [2.05, 4.69) is 30.7 Å². The zero-order chi connectivity index (χ0) is 26.0. The Kier molecular flexibility index (Phi) is 7.64. The highest BCUT2D eigenvalue weighted by Crippen LogP contribution is 2.35. The molecule has 1 atom stereocenters. The second-order valence-corrected chi connectivity index (χ2v) is 11.1. The normalized spacial score (nSPS) is 23.1. The van der Waals surface area contributed by atoms with Crippen LogP contribution in [0.3, 0.4) is 0 Å². The predicted octanol–water partition coefficient (Wildman–Crippen LogP) is 4.90. The molecule has 6 nitrogen and oxygen atoms in total. The number of Topliss-reactive ketones (excluding diaryl/α,β-unsaturated/α-hetero) is 1. The Morgan fingerprint density at radius 3 is 2.57 bits per heavy atom. The summed E-state index contributed by atoms with van der Waals surface area (Å²) in [6.45, 7) is 12.9. The van der Waals surface area contributed by atoms with Crippen molar-refractivity contribution in [2.24, 2.45) is 16.3 Å². The average molecular weight is 479 g/mol. The van der Waals surface area contributed by atoms with Gasteiger partial charge < -0.3 is 9.80 Å². The standard InChI is InChI=1S/C28H35FN4O2/c1-19-10-11-20(14-23(19)29)21-8-7-9-24(31-18-33(16-21)27(2,3)4)26(35)32-13-12-22(25(34)15-30)28(5,6)17-32/h7,9-11,14,16,22H,8,12-13,17-18H2,1-6H3/b9-7-,21-16+,31-24?. The van der Waals surface area contributed by atoms with E-state index in [1.54, 1.807) is 36.1 Å². The summed E-state index contributed by atoms with van der Waals surface area (Å²) in [4.78, 5) is 34.0. The maximum absolute atomic E-state index is 14.3. The zero-order valence-corrected chi connectivity index (χ0v) is 21.6. The highest BCUT2D eigenvalue weighted by molar-refractivity contribution is 6.43. The molecule has 1 unspecified atom stereocenters. The molecular weight excluding hydrogens is 443 g/mol. The van der Waals surface area contributed by atoms with Gasteiger partial charge in [-0.05, 0) is 74.8 Å². The van der Waals surface area contributed by atoms with Crippen molar-refractivity contribution >= 4 is 23.0 Å². The molecule has 3 rings (SSSR count). The summed E-state index contributed by atoms with van der Waals surface area (Å²) >= 11 is 0. The Hall–Kier alpha value is -3.27. The van der Waals surface area contributed by atoms with E-state index in [1.807, 2.05) is 32.2 Å². The molecule has 35 heavy (non-hydrogen) atoms. The second-order valence-electron chi connectivity index (χ2n) is 11.1. The largest absolute Gasteiger partial charge is 0.353 e. The number of hydrogen-bond acceptors (Lipinski definition) is 5. The highest BCUT2D eigenvalue weighted by atomic mass is 19.1. The molecule has 7 heteroatoms. The lowest BCUT2D eigenvalue weighted by Gasteiger charge is -2.42. The molecule has 0 radical (unpaired) electrons. The van der Waals surface area contributed by atoms with Gasteiger partial charge in [-0.3, -0.25) is 14.6 Å². The average Bonchev–Trinajstić information content (AvgIpc) is 2.89. The molecular formula is C28H35FN4O2. The number of carbonyl (C=O) groups excluding carboxylic acids is 2. The summed E-state index contributed by atoms with van der Waals surface area (Å²) in [7, 11) is 0. The number of hydrogen-bond donors (Lipinski definition) is 0. The lowest BCUT2D eigenvalue weighted by atomic mass is 9.72. The van der Waals surface area contributed by atoms with Crippen LogP contribution < -0.4 is 0 Å². The SMILES string of the molecule is Cc1ccc(/C2=C/N(C(C)(C)C)CN=C(C(=O)N3CCC(C(=O)C#N)C(C)(C)C3)/C=C\C2)cc1F. The minimum absolute atomic E-state index is 0.184. The number of benzene rings is 1. The Balaban J connectivity index is 1.88. The summed E-state index contributed by atoms with van der Waals surface area (Å²) in [6.07, 6.45) is 6.62. The van der Waals surface area contributed by atoms with Crippen molar-refractivity contribution < 1.29 is 14.0 Å². The number of rotatable bonds is 3. The zero-order valence-electron chi connectivity index (χ0n) is 21.6. The van der Waals surface area contributed by atoms with Crippen LogP contribution in [-0.2, 0) is 9.59 Å². The highest BCUT2D eigenvalue weighted by Gasteiger charge is 2.42. The van der Waals surface area contributed by atoms with Gasteiger partial charge in [0.05, 0.1) is 0 Å². The molecule has 0 spiro atoms. The van der Waals surface area contributed by atoms with Crippen molar-refractivity contribution in [3.05, 3.63) is 53.5 Å². The molecule has 1 aromatic rings. The van der Waals surface area contributed by atoms with Crippen molar-refractivity contribution in [1.82, 2.24) is 9.80 Å². The number of piperidine rings is 1. The number of halogens is 1. The summed E-state index contributed by atoms with van der Waals surface area (Å²) in [5, 5.41) is 9.07. The van der Waals surface area contributed by atoms with E-state index < -0.39 is 11.2 Å². The number of amides is 1. The number of carbonyl (C=O) groups is 2. The van der Waals surface area contributed by atoms with Gasteiger partial charge in [0, 0.05) is 30.7 Å². The fraction of sp³-hybridized carbons (Fsp3) is 0.500. The first-order chi connectivity index (χ1) is 16.3. The van der Waals surface area contributed by atoms with E-state index in [0.717, 1.165) is 11.1 Å². The molecule has 1 fully saturated rings. The molecule has 1 aromatic carbocycles. The first-order valence-corrected chi connectivity index (χ1v) is 12.0. The Bertz CT molecular complexity index is 1130. The van der Waals surface area contributed by atoms with Crippen LogP contribution in [0.15, 0.2) is 41.5 Å². The van der Waals surface area contributed by atoms with Gasteiger partial charge >= 0.3 is 0 Å². The van der Waals surface area contributed by atoms with Crippen LogP contribution in [0.25, 0.3) is 5.57 Å². The van der Waals surface area contributed by atoms with Crippen LogP contribution in [0.5, 0.6) is 0 Å². The topological polar surface area (TPSA) is 76.8 Å². The van der Waals surface area contributed by atoms with Gasteiger partial charge in [0.2, 0.25) is 5.78 Å². The number of ketones is 1. The molecule has 2 aliphatic rings. The molecule has 0 aromatic heterocycles. The number of likely N-dealkylation sites (tertiary alicyclic amines) is 1. The van der Waals surface area contributed by atoms with Gasteiger partial charge in [0.15, 0.2) is 0 Å². The van der Waals surface area contributed by atoms with Crippen LogP contribution in [0.4, 0.5) is 4.39 Å². The fourth-order valence-corrected chi connectivity index (χ4v) is 4.57. The van der Waals surface area contributed by atoms with E-state index in [0.29, 0.717) is 37.2 Å². The van der Waals surface area contributed by atoms with Crippen LogP contribution in [0, 0.1) is 35.4 Å². The third-order valence-corrected chi connectivity index (χ3v) is 6.89. The molecule has 1 saturated heterocycles. The van der Waals surface area contributed by atoms with E-state index in [-0.39, 0.29) is 29.8 Å². The van der Waals surface area contributed by atoms with Crippen LogP contribution in [0.1, 0.15) is 58.6 Å². The van der Waals surface area contributed by atoms with Crippen molar-refractivity contribution in [2.45, 2.75) is 59.9 Å². The second kappa shape index (κ2) is 10.2. The lowest BCUT2D eigenvalue weighted by Crippen LogP contribution is -2.51. The molecule has 0 bridgehead atoms. The summed E-state index contributed by atoms with van der Waals surface area (Å²) < 4.78 is 14.3. The van der Waals surface area contributed by atoms with E-state index in [1.165, 1.54) is 0 Å². The van der Waals surface area contributed by atoms with Crippen LogP contribution in [0.2, 0.25) is 0 Å². The molecule has 2 heterocycles. The Morgan fingerprint density at radius 1 is 1.26 bits per heavy atom. The summed E-state index contributed by atoms with van der Waals surface area (Å²) in [6, 6.07) is 6.99. The molecule has 2 aliphatic heterocycles. The number of allylic oxidation sites excluding steroid dienone is 2. The third kappa shape index (κ3) is 6.05. The first kappa shape index (κ1) is 26.3. The molecule has 1 amide bonds. The van der Waals surface area contributed by atoms with Gasteiger partial charge in [-0.2, -0.15) is 5.26 Å². The number of nitriles is 1. The Labute approximate surface area is 207 Å². The van der Waals surface area contributed by atoms with Crippen molar-refractivity contribution in [3.8, 4) is 6.07 Å². The number of aliphatic imine (C=N–C) groups is 1. The molecule has 0 N–H and O–H groups in total. The van der Waals surface area contributed by atoms with E-state index >= 15 is 0 Å². The third-order valence-electron chi connectivity index (χ3n) is 6.89. The van der Waals surface area contributed by atoms with Gasteiger partial charge in [0.25, 0.3) is 5.91 Å². The van der Waals surface area contributed by atoms with Gasteiger partial charge in [-0.1, -0.05) is 32.1 Å². The number of aryl methyl sites for hydroxylation is 1. The van der Waals surface area contributed by atoms with Crippen molar-refractivity contribution in [2.75, 3.05) is 19.8 Å². The maximum atomic E-state index is 14.3. The molecule has 0 saturated carbocycles. The van der Waals surface area contributed by atoms with Gasteiger partial charge in [-0.15, -0.1) is 0 Å². The lowest BCUT2D eigenvalue weighted by molar-refractivity contribution is -0.133. The van der Waals surface area contributed by atoms with Crippen LogP contribution in [-0.4, -0.2) is 52.5 Å². The number of nitrogens with zero attached hydrogens (tertiary/aromatic N) is 4. The Morgan fingerprint density at radius 2 is 1.97 bits per heavy atom. The quantitative estimate of drug-likeness (QED) is 0.579. The summed E-state index contributed by atoms with van der Waals surface area (Å²) in [5.74, 6) is -1.24. The predicted molar refractivity (Wildman–Crippen MR) is 136 cm³/mol. The van der Waals surface area contributed by atoms with Crippen molar-refractivity contribution in [1.29, 1.82) is 5.26 Å². The minimum Gasteiger partial charge on any atom is -0.353 e. The summed E-state index contributed by atoms with van der Waals surface area (Å²) in [5.41, 5.74) is 1.92. The monoisotopic (exact) mass is 478 g/mol. The molecule has 0 aliphatic carbocycles. The minimum atomic E-state index is -0.495. The molecule has 186 valence electrons. The fourth-order valence-electron chi connectivity index (χ4n) is 4.57. The van der Waals surface area contributed by atoms with Crippen molar-refractivity contribution in [3.63, 3.8) is 0 Å². The first-order valence-electron chi connectivity index (χ1n) is 12.0. The van der Waals surface area contributed by atoms with Gasteiger partial charge in [0.1, 0.15) is 24.3 Å². The van der Waals surface area contributed by atoms with Gasteiger partial charge in [-0.25, -0.2) is 4.39 Å².